The number of aromatic nitrogens is 7. The van der Waals surface area contributed by atoms with Crippen molar-refractivity contribution in [3.63, 3.8) is 0 Å². The van der Waals surface area contributed by atoms with Crippen molar-refractivity contribution in [2.24, 2.45) is 0 Å². The quantitative estimate of drug-likeness (QED) is 0.408. The van der Waals surface area contributed by atoms with E-state index in [4.69, 9.17) is 0 Å². The Morgan fingerprint density at radius 2 is 1.75 bits per heavy atom. The molecule has 5 rings (SSSR count). The fraction of sp³-hybridized carbons (Fsp3) is 0.263. The molecular weight excluding hydrogens is 503 g/mol. The molecule has 0 fully saturated rings. The molecule has 4 aromatic rings. The summed E-state index contributed by atoms with van der Waals surface area (Å²) in [5.41, 5.74) is -5.55. The molecule has 0 aliphatic carbocycles. The van der Waals surface area contributed by atoms with Gasteiger partial charge in [0, 0.05) is 12.6 Å². The van der Waals surface area contributed by atoms with Gasteiger partial charge in [0.05, 0.1) is 41.9 Å². The van der Waals surface area contributed by atoms with Crippen molar-refractivity contribution >= 4 is 23.1 Å². The SMILES string of the molecule is C[C@]1(C(F)(F)F)CN(C(=O)Nc2cnc(-n3nccn3)c(C(F)(F)F)c2)c2cnc3cc(F)nn3c21. The zero-order chi connectivity index (χ0) is 26.0. The van der Waals surface area contributed by atoms with E-state index in [9.17, 15) is 35.5 Å². The molecule has 0 saturated heterocycles. The van der Waals surface area contributed by atoms with Gasteiger partial charge >= 0.3 is 18.4 Å². The molecule has 17 heteroatoms. The van der Waals surface area contributed by atoms with E-state index in [2.05, 4.69) is 30.6 Å². The summed E-state index contributed by atoms with van der Waals surface area (Å²) in [7, 11) is 0. The summed E-state index contributed by atoms with van der Waals surface area (Å²) in [6.45, 7) is -0.165. The second-order valence-electron chi connectivity index (χ2n) is 7.99. The number of alkyl halides is 6. The number of rotatable bonds is 2. The summed E-state index contributed by atoms with van der Waals surface area (Å²) in [6, 6.07) is 0.173. The minimum atomic E-state index is -4.93. The number of carbonyl (C=O) groups is 1. The Labute approximate surface area is 195 Å². The molecule has 1 aliphatic heterocycles. The van der Waals surface area contributed by atoms with Gasteiger partial charge in [-0.3, -0.25) is 4.90 Å². The molecule has 2 amide bonds. The van der Waals surface area contributed by atoms with Crippen LogP contribution in [-0.4, -0.2) is 53.3 Å². The van der Waals surface area contributed by atoms with Crippen LogP contribution in [0.15, 0.2) is 36.9 Å². The van der Waals surface area contributed by atoms with E-state index in [-0.39, 0.29) is 11.3 Å². The molecule has 0 spiro atoms. The van der Waals surface area contributed by atoms with E-state index in [0.29, 0.717) is 20.3 Å². The first-order valence-corrected chi connectivity index (χ1v) is 9.93. The average molecular weight is 515 g/mol. The number of nitrogens with zero attached hydrogens (tertiary/aromatic N) is 8. The normalized spacial score (nSPS) is 18.1. The van der Waals surface area contributed by atoms with Crippen molar-refractivity contribution in [1.82, 2.24) is 34.6 Å². The lowest BCUT2D eigenvalue weighted by Crippen LogP contribution is -2.46. The van der Waals surface area contributed by atoms with E-state index >= 15 is 0 Å². The van der Waals surface area contributed by atoms with Gasteiger partial charge in [-0.05, 0) is 13.0 Å². The van der Waals surface area contributed by atoms with Crippen molar-refractivity contribution < 1.29 is 35.5 Å². The van der Waals surface area contributed by atoms with Crippen LogP contribution < -0.4 is 10.2 Å². The molecule has 10 nitrogen and oxygen atoms in total. The highest BCUT2D eigenvalue weighted by atomic mass is 19.4. The first-order valence-electron chi connectivity index (χ1n) is 9.93. The first-order chi connectivity index (χ1) is 16.8. The molecule has 188 valence electrons. The zero-order valence-corrected chi connectivity index (χ0v) is 17.8. The topological polar surface area (TPSA) is 106 Å². The van der Waals surface area contributed by atoms with Crippen LogP contribution in [0.3, 0.4) is 0 Å². The smallest absolute Gasteiger partial charge is 0.306 e. The van der Waals surface area contributed by atoms with E-state index in [0.717, 1.165) is 37.8 Å². The predicted octanol–water partition coefficient (Wildman–Crippen LogP) is 3.74. The molecule has 0 aromatic carbocycles. The second-order valence-corrected chi connectivity index (χ2v) is 7.99. The standard InChI is InChI=1S/C19H12F7N9O/c1-17(19(24,25)26)8-33(11-7-27-13-5-12(20)32-34(13)14(11)17)16(36)31-9-4-10(18(21,22)23)15(28-6-9)35-29-2-3-30-35/h2-7H,8H2,1H3,(H,31,36)/t17-/m0/s1. The lowest BCUT2D eigenvalue weighted by molar-refractivity contribution is -0.181. The summed E-state index contributed by atoms with van der Waals surface area (Å²) < 4.78 is 97.6. The molecule has 36 heavy (non-hydrogen) atoms. The van der Waals surface area contributed by atoms with E-state index in [1.807, 2.05) is 0 Å². The number of anilines is 2. The van der Waals surface area contributed by atoms with Gasteiger partial charge in [0.25, 0.3) is 0 Å². The Kier molecular flexibility index (Phi) is 4.94. The number of halogens is 7. The van der Waals surface area contributed by atoms with E-state index in [1.165, 1.54) is 0 Å². The molecule has 4 aromatic heterocycles. The Hall–Kier alpha value is -4.31. The van der Waals surface area contributed by atoms with Gasteiger partial charge < -0.3 is 5.32 Å². The molecule has 0 saturated carbocycles. The van der Waals surface area contributed by atoms with Crippen molar-refractivity contribution in [2.45, 2.75) is 24.7 Å². The Morgan fingerprint density at radius 1 is 1.06 bits per heavy atom. The Balaban J connectivity index is 1.54. The van der Waals surface area contributed by atoms with E-state index < -0.39 is 59.1 Å². The number of hydrogen-bond acceptors (Lipinski definition) is 6. The van der Waals surface area contributed by atoms with Crippen molar-refractivity contribution in [2.75, 3.05) is 16.8 Å². The highest BCUT2D eigenvalue weighted by Gasteiger charge is 2.60. The number of pyridine rings is 1. The highest BCUT2D eigenvalue weighted by molar-refractivity contribution is 6.03. The van der Waals surface area contributed by atoms with Gasteiger partial charge in [-0.25, -0.2) is 19.3 Å². The minimum Gasteiger partial charge on any atom is -0.306 e. The van der Waals surface area contributed by atoms with Crippen LogP contribution in [0, 0.1) is 5.95 Å². The van der Waals surface area contributed by atoms with Gasteiger partial charge in [-0.1, -0.05) is 0 Å². The summed E-state index contributed by atoms with van der Waals surface area (Å²) in [5, 5.41) is 12.8. The largest absolute Gasteiger partial charge is 0.420 e. The first kappa shape index (κ1) is 23.4. The number of nitrogens with one attached hydrogen (secondary N) is 1. The lowest BCUT2D eigenvalue weighted by Gasteiger charge is -2.28. The third-order valence-corrected chi connectivity index (χ3v) is 5.62. The summed E-state index contributed by atoms with van der Waals surface area (Å²) in [5.74, 6) is -1.75. The van der Waals surface area contributed by atoms with Crippen LogP contribution >= 0.6 is 0 Å². The number of carbonyl (C=O) groups excluding carboxylic acids is 1. The van der Waals surface area contributed by atoms with E-state index in [1.54, 1.807) is 0 Å². The number of hydrogen-bond donors (Lipinski definition) is 1. The number of urea groups is 1. The van der Waals surface area contributed by atoms with Crippen LogP contribution in [0.4, 0.5) is 46.9 Å². The summed E-state index contributed by atoms with van der Waals surface area (Å²) >= 11 is 0. The maximum absolute atomic E-state index is 14.1. The van der Waals surface area contributed by atoms with Crippen LogP contribution in [0.5, 0.6) is 0 Å². The van der Waals surface area contributed by atoms with Crippen LogP contribution in [0.1, 0.15) is 18.2 Å². The molecule has 1 atom stereocenters. The molecule has 0 bridgehead atoms. The number of fused-ring (bicyclic) bond motifs is 3. The van der Waals surface area contributed by atoms with Crippen molar-refractivity contribution in [3.05, 3.63) is 54.1 Å². The van der Waals surface area contributed by atoms with Crippen LogP contribution in [0.25, 0.3) is 11.5 Å². The molecule has 1 N–H and O–H groups in total. The number of amides is 2. The maximum Gasteiger partial charge on any atom is 0.420 e. The summed E-state index contributed by atoms with van der Waals surface area (Å²) in [6.07, 6.45) is -5.75. The monoisotopic (exact) mass is 515 g/mol. The third kappa shape index (κ3) is 3.57. The van der Waals surface area contributed by atoms with Gasteiger partial charge in [0.15, 0.2) is 11.5 Å². The van der Waals surface area contributed by atoms with Gasteiger partial charge in [0.2, 0.25) is 5.95 Å². The molecule has 5 heterocycles. The molecular formula is C19H12F7N9O. The minimum absolute atomic E-state index is 0.217. The zero-order valence-electron chi connectivity index (χ0n) is 17.8. The second kappa shape index (κ2) is 7.59. The van der Waals surface area contributed by atoms with Crippen molar-refractivity contribution in [1.29, 1.82) is 0 Å². The predicted molar refractivity (Wildman–Crippen MR) is 107 cm³/mol. The van der Waals surface area contributed by atoms with Crippen LogP contribution in [0.2, 0.25) is 0 Å². The van der Waals surface area contributed by atoms with Gasteiger partial charge in [-0.15, -0.1) is 9.90 Å². The Bertz CT molecular complexity index is 1480. The fourth-order valence-corrected chi connectivity index (χ4v) is 3.90. The van der Waals surface area contributed by atoms with Crippen LogP contribution in [-0.2, 0) is 11.6 Å². The van der Waals surface area contributed by atoms with Crippen molar-refractivity contribution in [3.8, 4) is 5.82 Å². The summed E-state index contributed by atoms with van der Waals surface area (Å²) in [4.78, 5) is 21.8. The lowest BCUT2D eigenvalue weighted by atomic mass is 9.88. The average Bonchev–Trinajstić information content (AvgIpc) is 3.50. The van der Waals surface area contributed by atoms with Gasteiger partial charge in [-0.2, -0.15) is 40.9 Å². The Morgan fingerprint density at radius 3 is 2.39 bits per heavy atom. The molecule has 1 aliphatic rings. The maximum atomic E-state index is 14.1. The van der Waals surface area contributed by atoms with Gasteiger partial charge in [0.1, 0.15) is 11.0 Å². The fourth-order valence-electron chi connectivity index (χ4n) is 3.90. The highest BCUT2D eigenvalue weighted by Crippen LogP contribution is 2.50. The molecule has 0 unspecified atom stereocenters. The third-order valence-electron chi connectivity index (χ3n) is 5.62. The molecule has 0 radical (unpaired) electrons.